The molecule has 8 heteroatoms. The Balaban J connectivity index is 1.48. The lowest BCUT2D eigenvalue weighted by Crippen LogP contribution is -2.45. The van der Waals surface area contributed by atoms with E-state index in [2.05, 4.69) is 17.2 Å². The molecule has 2 N–H and O–H groups in total. The number of amides is 2. The van der Waals surface area contributed by atoms with Gasteiger partial charge in [0.15, 0.2) is 4.96 Å². The third-order valence-corrected chi connectivity index (χ3v) is 6.18. The molecule has 4 rings (SSSR count). The molecule has 2 amide bonds. The van der Waals surface area contributed by atoms with E-state index in [1.807, 2.05) is 11.6 Å². The van der Waals surface area contributed by atoms with E-state index in [9.17, 15) is 14.7 Å². The van der Waals surface area contributed by atoms with E-state index >= 15 is 0 Å². The molecule has 0 bridgehead atoms. The van der Waals surface area contributed by atoms with E-state index in [0.29, 0.717) is 36.5 Å². The minimum atomic E-state index is -0.888. The number of nitrogens with one attached hydrogen (secondary N) is 1. The molecule has 1 aliphatic heterocycles. The van der Waals surface area contributed by atoms with Gasteiger partial charge in [0.2, 0.25) is 0 Å². The van der Waals surface area contributed by atoms with E-state index in [0.717, 1.165) is 17.8 Å². The number of carboxylic acid groups (broad SMARTS) is 1. The van der Waals surface area contributed by atoms with Gasteiger partial charge in [-0.2, -0.15) is 0 Å². The molecule has 2 aromatic rings. The Morgan fingerprint density at radius 2 is 2.29 bits per heavy atom. The first-order chi connectivity index (χ1) is 11.5. The SMILES string of the molecule is CC1C[C@H]2CN(C(=O)O)[C@H](CNC(=O)c3cnc4sccn34)[C@H]2C1. The van der Waals surface area contributed by atoms with Crippen molar-refractivity contribution in [1.82, 2.24) is 19.6 Å². The fourth-order valence-electron chi connectivity index (χ4n) is 4.41. The summed E-state index contributed by atoms with van der Waals surface area (Å²) in [6, 6.07) is -0.132. The van der Waals surface area contributed by atoms with Gasteiger partial charge in [0.05, 0.1) is 12.2 Å². The van der Waals surface area contributed by atoms with Gasteiger partial charge in [0, 0.05) is 24.7 Å². The van der Waals surface area contributed by atoms with E-state index in [1.54, 1.807) is 10.6 Å². The second-order valence-corrected chi connectivity index (χ2v) is 7.78. The normalized spacial score (nSPS) is 29.1. The van der Waals surface area contributed by atoms with Crippen LogP contribution in [0, 0.1) is 17.8 Å². The van der Waals surface area contributed by atoms with Gasteiger partial charge < -0.3 is 15.3 Å². The molecule has 2 aliphatic rings. The van der Waals surface area contributed by atoms with Crippen molar-refractivity contribution in [1.29, 1.82) is 0 Å². The zero-order valence-corrected chi connectivity index (χ0v) is 14.2. The van der Waals surface area contributed by atoms with Gasteiger partial charge in [-0.1, -0.05) is 6.92 Å². The molecule has 2 aromatic heterocycles. The molecular formula is C16H20N4O3S. The first kappa shape index (κ1) is 15.4. The number of likely N-dealkylation sites (tertiary alicyclic amines) is 1. The number of hydrogen-bond donors (Lipinski definition) is 2. The lowest BCUT2D eigenvalue weighted by Gasteiger charge is -2.26. The highest BCUT2D eigenvalue weighted by Gasteiger charge is 2.48. The van der Waals surface area contributed by atoms with Crippen LogP contribution >= 0.6 is 11.3 Å². The molecule has 3 heterocycles. The van der Waals surface area contributed by atoms with Crippen LogP contribution in [0.4, 0.5) is 4.79 Å². The van der Waals surface area contributed by atoms with Crippen molar-refractivity contribution >= 4 is 28.3 Å². The molecule has 1 aliphatic carbocycles. The number of aromatic nitrogens is 2. The Morgan fingerprint density at radius 1 is 1.46 bits per heavy atom. The van der Waals surface area contributed by atoms with Gasteiger partial charge in [-0.05, 0) is 30.6 Å². The number of nitrogens with zero attached hydrogens (tertiary/aromatic N) is 3. The van der Waals surface area contributed by atoms with E-state index in [4.69, 9.17) is 0 Å². The quantitative estimate of drug-likeness (QED) is 0.890. The van der Waals surface area contributed by atoms with E-state index in [-0.39, 0.29) is 11.9 Å². The van der Waals surface area contributed by atoms with Crippen LogP contribution in [0.25, 0.3) is 4.96 Å². The third-order valence-electron chi connectivity index (χ3n) is 5.41. The molecular weight excluding hydrogens is 328 g/mol. The summed E-state index contributed by atoms with van der Waals surface area (Å²) in [6.45, 7) is 3.17. The molecule has 0 aromatic carbocycles. The minimum absolute atomic E-state index is 0.132. The Bertz CT molecular complexity index is 785. The second kappa shape index (κ2) is 5.77. The van der Waals surface area contributed by atoms with Gasteiger partial charge in [-0.3, -0.25) is 9.20 Å². The highest BCUT2D eigenvalue weighted by atomic mass is 32.1. The number of thiazole rings is 1. The van der Waals surface area contributed by atoms with Crippen LogP contribution in [0.5, 0.6) is 0 Å². The Labute approximate surface area is 143 Å². The van der Waals surface area contributed by atoms with Gasteiger partial charge in [-0.15, -0.1) is 11.3 Å². The molecule has 0 radical (unpaired) electrons. The lowest BCUT2D eigenvalue weighted by molar-refractivity contribution is 0.0919. The van der Waals surface area contributed by atoms with Crippen LogP contribution in [0.3, 0.4) is 0 Å². The molecule has 1 saturated carbocycles. The molecule has 24 heavy (non-hydrogen) atoms. The predicted octanol–water partition coefficient (Wildman–Crippen LogP) is 2.15. The van der Waals surface area contributed by atoms with Gasteiger partial charge in [-0.25, -0.2) is 9.78 Å². The highest BCUT2D eigenvalue weighted by Crippen LogP contribution is 2.44. The number of carbonyl (C=O) groups is 2. The minimum Gasteiger partial charge on any atom is -0.465 e. The van der Waals surface area contributed by atoms with Crippen molar-refractivity contribution in [3.8, 4) is 0 Å². The van der Waals surface area contributed by atoms with Gasteiger partial charge >= 0.3 is 6.09 Å². The van der Waals surface area contributed by atoms with Crippen molar-refractivity contribution in [3.05, 3.63) is 23.5 Å². The molecule has 4 atom stereocenters. The summed E-state index contributed by atoms with van der Waals surface area (Å²) in [6.07, 6.45) is 4.61. The van der Waals surface area contributed by atoms with Gasteiger partial charge in [0.1, 0.15) is 5.69 Å². The van der Waals surface area contributed by atoms with Crippen molar-refractivity contribution in [2.45, 2.75) is 25.8 Å². The standard InChI is InChI=1S/C16H20N4O3S/c1-9-4-10-8-20(16(22)23)12(11(10)5-9)6-17-14(21)13-7-18-15-19(13)2-3-24-15/h2-3,7,9-12H,4-6,8H2,1H3,(H,17,21)(H,22,23)/t9?,10-,11-,12+/m0/s1. The number of hydrogen-bond acceptors (Lipinski definition) is 4. The first-order valence-electron chi connectivity index (χ1n) is 8.23. The molecule has 2 fully saturated rings. The summed E-state index contributed by atoms with van der Waals surface area (Å²) >= 11 is 1.47. The van der Waals surface area contributed by atoms with Gasteiger partial charge in [0.25, 0.3) is 5.91 Å². The van der Waals surface area contributed by atoms with Crippen LogP contribution in [0.15, 0.2) is 17.8 Å². The Morgan fingerprint density at radius 3 is 3.08 bits per heavy atom. The van der Waals surface area contributed by atoms with E-state index in [1.165, 1.54) is 16.2 Å². The summed E-state index contributed by atoms with van der Waals surface area (Å²) in [5, 5.41) is 14.3. The van der Waals surface area contributed by atoms with Crippen molar-refractivity contribution in [2.24, 2.45) is 17.8 Å². The summed E-state index contributed by atoms with van der Waals surface area (Å²) in [5.74, 6) is 1.20. The summed E-state index contributed by atoms with van der Waals surface area (Å²) in [5.41, 5.74) is 0.488. The fourth-order valence-corrected chi connectivity index (χ4v) is 5.10. The number of carbonyl (C=O) groups excluding carboxylic acids is 1. The van der Waals surface area contributed by atoms with Crippen molar-refractivity contribution in [3.63, 3.8) is 0 Å². The summed E-state index contributed by atoms with van der Waals surface area (Å²) < 4.78 is 1.75. The van der Waals surface area contributed by atoms with Crippen LogP contribution in [0.2, 0.25) is 0 Å². The maximum Gasteiger partial charge on any atom is 0.407 e. The number of rotatable bonds is 3. The van der Waals surface area contributed by atoms with E-state index < -0.39 is 6.09 Å². The average Bonchev–Trinajstić information content (AvgIpc) is 3.23. The predicted molar refractivity (Wildman–Crippen MR) is 89.3 cm³/mol. The first-order valence-corrected chi connectivity index (χ1v) is 9.11. The number of imidazole rings is 1. The van der Waals surface area contributed by atoms with Crippen molar-refractivity contribution < 1.29 is 14.7 Å². The molecule has 1 saturated heterocycles. The van der Waals surface area contributed by atoms with Crippen LogP contribution in [-0.2, 0) is 0 Å². The lowest BCUT2D eigenvalue weighted by atomic mass is 9.94. The molecule has 0 spiro atoms. The zero-order valence-electron chi connectivity index (χ0n) is 13.4. The average molecular weight is 348 g/mol. The zero-order chi connectivity index (χ0) is 16.8. The maximum atomic E-state index is 12.5. The second-order valence-electron chi connectivity index (χ2n) is 6.91. The molecule has 128 valence electrons. The molecule has 7 nitrogen and oxygen atoms in total. The topological polar surface area (TPSA) is 86.9 Å². The Hall–Kier alpha value is -2.09. The summed E-state index contributed by atoms with van der Waals surface area (Å²) in [7, 11) is 0. The maximum absolute atomic E-state index is 12.5. The number of fused-ring (bicyclic) bond motifs is 2. The third kappa shape index (κ3) is 2.45. The molecule has 1 unspecified atom stereocenters. The van der Waals surface area contributed by atoms with Crippen LogP contribution in [0.1, 0.15) is 30.3 Å². The largest absolute Gasteiger partial charge is 0.465 e. The summed E-state index contributed by atoms with van der Waals surface area (Å²) in [4.78, 5) is 30.5. The highest BCUT2D eigenvalue weighted by molar-refractivity contribution is 7.15. The fraction of sp³-hybridized carbons (Fsp3) is 0.562. The van der Waals surface area contributed by atoms with Crippen LogP contribution in [-0.4, -0.2) is 50.5 Å². The Kier molecular flexibility index (Phi) is 3.71. The smallest absolute Gasteiger partial charge is 0.407 e. The monoisotopic (exact) mass is 348 g/mol. The van der Waals surface area contributed by atoms with Crippen molar-refractivity contribution in [2.75, 3.05) is 13.1 Å². The van der Waals surface area contributed by atoms with Crippen LogP contribution < -0.4 is 5.32 Å².